The minimum absolute atomic E-state index is 0.273. The smallest absolute Gasteiger partial charge is 0.407 e. The van der Waals surface area contributed by atoms with Gasteiger partial charge in [0.1, 0.15) is 12.4 Å². The van der Waals surface area contributed by atoms with Crippen molar-refractivity contribution in [1.82, 2.24) is 5.32 Å². The first-order chi connectivity index (χ1) is 11.1. The summed E-state index contributed by atoms with van der Waals surface area (Å²) in [5, 5.41) is 2.89. The Hall–Kier alpha value is -1.71. The number of para-hydroxylation sites is 1. The van der Waals surface area contributed by atoms with Crippen LogP contribution in [0.15, 0.2) is 24.3 Å². The van der Waals surface area contributed by atoms with Gasteiger partial charge in [-0.3, -0.25) is 0 Å². The Labute approximate surface area is 139 Å². The van der Waals surface area contributed by atoms with Crippen molar-refractivity contribution in [2.24, 2.45) is 0 Å². The van der Waals surface area contributed by atoms with Crippen LogP contribution in [0.25, 0.3) is 0 Å². The van der Waals surface area contributed by atoms with Gasteiger partial charge in [0.25, 0.3) is 0 Å². The van der Waals surface area contributed by atoms with Crippen molar-refractivity contribution in [3.05, 3.63) is 29.8 Å². The van der Waals surface area contributed by atoms with Crippen LogP contribution in [0.1, 0.15) is 57.9 Å². The number of hydrogen-bond donors (Lipinski definition) is 1. The molecule has 23 heavy (non-hydrogen) atoms. The Bertz CT molecular complexity index is 503. The van der Waals surface area contributed by atoms with Crippen LogP contribution < -0.4 is 10.1 Å². The Morgan fingerprint density at radius 3 is 2.74 bits per heavy atom. The second-order valence-electron chi connectivity index (χ2n) is 6.63. The lowest BCUT2D eigenvalue weighted by atomic mass is 9.94. The maximum atomic E-state index is 11.2. The number of rotatable bonds is 10. The Morgan fingerprint density at radius 1 is 1.22 bits per heavy atom. The summed E-state index contributed by atoms with van der Waals surface area (Å²) >= 11 is 0. The molecule has 1 atom stereocenters. The van der Waals surface area contributed by atoms with E-state index in [0.29, 0.717) is 6.61 Å². The van der Waals surface area contributed by atoms with E-state index in [0.717, 1.165) is 31.6 Å². The van der Waals surface area contributed by atoms with Crippen LogP contribution in [-0.4, -0.2) is 24.8 Å². The monoisotopic (exact) mass is 319 g/mol. The van der Waals surface area contributed by atoms with Crippen molar-refractivity contribution >= 4 is 6.09 Å². The molecule has 1 unspecified atom stereocenters. The maximum absolute atomic E-state index is 11.2. The first kappa shape index (κ1) is 17.6. The molecule has 1 aromatic rings. The Balaban J connectivity index is 1.79. The standard InChI is InChI=1S/C19H29NO3/c1-3-4-5-6-9-14-22-17-11-8-7-10-16(17)12-13-19(2)15-23-18(21)20-19/h7-8,10-11H,3-6,9,12-15H2,1-2H3,(H,20,21). The molecule has 1 saturated heterocycles. The van der Waals surface area contributed by atoms with E-state index >= 15 is 0 Å². The molecule has 0 spiro atoms. The lowest BCUT2D eigenvalue weighted by Crippen LogP contribution is -2.40. The molecule has 2 rings (SSSR count). The zero-order chi connectivity index (χ0) is 16.5. The topological polar surface area (TPSA) is 47.6 Å². The number of hydrogen-bond acceptors (Lipinski definition) is 3. The highest BCUT2D eigenvalue weighted by Gasteiger charge is 2.34. The number of ether oxygens (including phenoxy) is 2. The van der Waals surface area contributed by atoms with Crippen molar-refractivity contribution in [3.63, 3.8) is 0 Å². The third kappa shape index (κ3) is 5.77. The largest absolute Gasteiger partial charge is 0.493 e. The van der Waals surface area contributed by atoms with Crippen LogP contribution in [-0.2, 0) is 11.2 Å². The Kier molecular flexibility index (Phi) is 6.75. The summed E-state index contributed by atoms with van der Waals surface area (Å²) in [5.74, 6) is 0.969. The van der Waals surface area contributed by atoms with Gasteiger partial charge < -0.3 is 14.8 Å². The second kappa shape index (κ2) is 8.80. The SMILES string of the molecule is CCCCCCCOc1ccccc1CCC1(C)COC(=O)N1. The summed E-state index contributed by atoms with van der Waals surface area (Å²) in [4.78, 5) is 11.2. The predicted octanol–water partition coefficient (Wildman–Crippen LogP) is 4.47. The molecule has 4 nitrogen and oxygen atoms in total. The molecule has 1 aliphatic heterocycles. The molecule has 0 radical (unpaired) electrons. The fraction of sp³-hybridized carbons (Fsp3) is 0.632. The van der Waals surface area contributed by atoms with Gasteiger partial charge in [0.15, 0.2) is 0 Å². The lowest BCUT2D eigenvalue weighted by Gasteiger charge is -2.21. The number of carbonyl (C=O) groups excluding carboxylic acids is 1. The van der Waals surface area contributed by atoms with Crippen LogP contribution in [0.4, 0.5) is 4.79 Å². The minimum atomic E-state index is -0.316. The zero-order valence-electron chi connectivity index (χ0n) is 14.4. The molecule has 1 heterocycles. The van der Waals surface area contributed by atoms with Gasteiger partial charge in [-0.25, -0.2) is 4.79 Å². The molecule has 0 saturated carbocycles. The van der Waals surface area contributed by atoms with Gasteiger partial charge in [-0.15, -0.1) is 0 Å². The molecule has 1 amide bonds. The van der Waals surface area contributed by atoms with Crippen molar-refractivity contribution in [3.8, 4) is 5.75 Å². The van der Waals surface area contributed by atoms with Gasteiger partial charge in [0.2, 0.25) is 0 Å². The van der Waals surface area contributed by atoms with Crippen molar-refractivity contribution in [2.75, 3.05) is 13.2 Å². The van der Waals surface area contributed by atoms with E-state index in [1.165, 1.54) is 31.2 Å². The van der Waals surface area contributed by atoms with Gasteiger partial charge in [0, 0.05) is 0 Å². The number of aryl methyl sites for hydroxylation is 1. The van der Waals surface area contributed by atoms with E-state index in [-0.39, 0.29) is 11.6 Å². The van der Waals surface area contributed by atoms with Crippen LogP contribution in [0.2, 0.25) is 0 Å². The Morgan fingerprint density at radius 2 is 2.00 bits per heavy atom. The summed E-state index contributed by atoms with van der Waals surface area (Å²) in [6.45, 7) is 5.46. The van der Waals surface area contributed by atoms with Crippen molar-refractivity contribution < 1.29 is 14.3 Å². The highest BCUT2D eigenvalue weighted by Crippen LogP contribution is 2.25. The third-order valence-corrected chi connectivity index (χ3v) is 4.35. The van der Waals surface area contributed by atoms with E-state index in [1.54, 1.807) is 0 Å². The van der Waals surface area contributed by atoms with Crippen molar-refractivity contribution in [2.45, 2.75) is 64.3 Å². The van der Waals surface area contributed by atoms with E-state index in [9.17, 15) is 4.79 Å². The fourth-order valence-electron chi connectivity index (χ4n) is 2.83. The molecule has 1 N–H and O–H groups in total. The summed E-state index contributed by atoms with van der Waals surface area (Å²) in [5.41, 5.74) is 0.924. The van der Waals surface area contributed by atoms with Gasteiger partial charge in [0.05, 0.1) is 12.1 Å². The third-order valence-electron chi connectivity index (χ3n) is 4.35. The van der Waals surface area contributed by atoms with E-state index in [2.05, 4.69) is 18.3 Å². The maximum Gasteiger partial charge on any atom is 0.407 e. The number of alkyl carbamates (subject to hydrolysis) is 1. The number of unbranched alkanes of at least 4 members (excludes halogenated alkanes) is 4. The molecule has 0 bridgehead atoms. The number of amides is 1. The molecule has 0 aliphatic carbocycles. The highest BCUT2D eigenvalue weighted by molar-refractivity contribution is 5.70. The van der Waals surface area contributed by atoms with Crippen LogP contribution in [0, 0.1) is 0 Å². The number of cyclic esters (lactones) is 1. The highest BCUT2D eigenvalue weighted by atomic mass is 16.6. The summed E-state index contributed by atoms with van der Waals surface area (Å²) < 4.78 is 11.0. The predicted molar refractivity (Wildman–Crippen MR) is 91.9 cm³/mol. The molecule has 4 heteroatoms. The molecular formula is C19H29NO3. The quantitative estimate of drug-likeness (QED) is 0.647. The number of carbonyl (C=O) groups is 1. The van der Waals surface area contributed by atoms with Gasteiger partial charge in [-0.05, 0) is 37.8 Å². The second-order valence-corrected chi connectivity index (χ2v) is 6.63. The molecular weight excluding hydrogens is 290 g/mol. The van der Waals surface area contributed by atoms with E-state index in [4.69, 9.17) is 9.47 Å². The normalized spacial score (nSPS) is 20.2. The van der Waals surface area contributed by atoms with Gasteiger partial charge in [-0.2, -0.15) is 0 Å². The average molecular weight is 319 g/mol. The van der Waals surface area contributed by atoms with E-state index < -0.39 is 0 Å². The molecule has 1 aliphatic rings. The first-order valence-electron chi connectivity index (χ1n) is 8.78. The minimum Gasteiger partial charge on any atom is -0.493 e. The molecule has 128 valence electrons. The fourth-order valence-corrected chi connectivity index (χ4v) is 2.83. The summed E-state index contributed by atoms with van der Waals surface area (Å²) in [6.07, 6.45) is 7.60. The van der Waals surface area contributed by atoms with Crippen LogP contribution in [0.3, 0.4) is 0 Å². The number of nitrogens with one attached hydrogen (secondary N) is 1. The molecule has 0 aromatic heterocycles. The van der Waals surface area contributed by atoms with Gasteiger partial charge >= 0.3 is 6.09 Å². The average Bonchev–Trinajstić information content (AvgIpc) is 2.89. The summed E-state index contributed by atoms with van der Waals surface area (Å²) in [7, 11) is 0. The molecule has 1 fully saturated rings. The van der Waals surface area contributed by atoms with Crippen molar-refractivity contribution in [1.29, 1.82) is 0 Å². The first-order valence-corrected chi connectivity index (χ1v) is 8.78. The van der Waals surface area contributed by atoms with Gasteiger partial charge in [-0.1, -0.05) is 50.8 Å². The van der Waals surface area contributed by atoms with Crippen LogP contribution in [0.5, 0.6) is 5.75 Å². The van der Waals surface area contributed by atoms with E-state index in [1.807, 2.05) is 25.1 Å². The number of benzene rings is 1. The molecule has 1 aromatic carbocycles. The zero-order valence-corrected chi connectivity index (χ0v) is 14.4. The van der Waals surface area contributed by atoms with Crippen LogP contribution >= 0.6 is 0 Å². The lowest BCUT2D eigenvalue weighted by molar-refractivity contribution is 0.172. The summed E-state index contributed by atoms with van der Waals surface area (Å²) in [6, 6.07) is 8.19.